The molecule has 168 valence electrons. The van der Waals surface area contributed by atoms with Gasteiger partial charge in [-0.15, -0.1) is 0 Å². The Labute approximate surface area is 181 Å². The number of phenolic OH excluding ortho intramolecular Hbond substituents is 2. The van der Waals surface area contributed by atoms with Crippen molar-refractivity contribution in [2.24, 2.45) is 5.92 Å². The molecule has 2 N–H and O–H groups in total. The molecule has 0 aromatic heterocycles. The number of piperidine rings is 1. The number of carbonyl (C=O) groups is 1. The van der Waals surface area contributed by atoms with E-state index in [0.29, 0.717) is 18.4 Å². The van der Waals surface area contributed by atoms with E-state index in [1.54, 1.807) is 6.07 Å². The standard InChI is InChI=1S/C25H39NO4/c1-16-18(10-11-21(28)30-24(3,4)5)15-20(27)23(29)22(16)25-12-8-7-9-19(25)17(2)26(6)14-13-25/h15,17,19,27,29H,7-14H2,1-6H3/t17?,19?,25-/m1/s1. The molecule has 1 heterocycles. The number of rotatable bonds is 4. The van der Waals surface area contributed by atoms with E-state index < -0.39 is 5.60 Å². The highest BCUT2D eigenvalue weighted by Crippen LogP contribution is 2.55. The second-order valence-electron chi connectivity index (χ2n) is 10.5. The summed E-state index contributed by atoms with van der Waals surface area (Å²) < 4.78 is 5.45. The van der Waals surface area contributed by atoms with E-state index in [1.165, 1.54) is 6.42 Å². The minimum absolute atomic E-state index is 0.0390. The van der Waals surface area contributed by atoms with Crippen molar-refractivity contribution in [3.8, 4) is 11.5 Å². The van der Waals surface area contributed by atoms with Gasteiger partial charge in [-0.1, -0.05) is 12.8 Å². The van der Waals surface area contributed by atoms with Crippen LogP contribution in [-0.4, -0.2) is 46.3 Å². The lowest BCUT2D eigenvalue weighted by Crippen LogP contribution is -2.55. The molecule has 5 heteroatoms. The number of phenols is 2. The molecule has 2 aliphatic rings. The Morgan fingerprint density at radius 1 is 1.27 bits per heavy atom. The zero-order chi connectivity index (χ0) is 22.3. The molecule has 1 aromatic rings. The lowest BCUT2D eigenvalue weighted by Gasteiger charge is -2.54. The molecule has 0 spiro atoms. The first-order valence-electron chi connectivity index (χ1n) is 11.4. The number of esters is 1. The lowest BCUT2D eigenvalue weighted by atomic mass is 9.56. The molecular weight excluding hydrogens is 378 g/mol. The number of fused-ring (bicyclic) bond motifs is 1. The fourth-order valence-corrected chi connectivity index (χ4v) is 5.91. The normalized spacial score (nSPS) is 27.5. The van der Waals surface area contributed by atoms with Crippen LogP contribution in [0.4, 0.5) is 0 Å². The maximum Gasteiger partial charge on any atom is 0.306 e. The van der Waals surface area contributed by atoms with Gasteiger partial charge in [-0.25, -0.2) is 0 Å². The van der Waals surface area contributed by atoms with E-state index in [0.717, 1.165) is 48.9 Å². The van der Waals surface area contributed by atoms with Gasteiger partial charge >= 0.3 is 5.97 Å². The van der Waals surface area contributed by atoms with Crippen molar-refractivity contribution < 1.29 is 19.7 Å². The predicted octanol–water partition coefficient (Wildman–Crippen LogP) is 4.83. The van der Waals surface area contributed by atoms with Gasteiger partial charge in [0.25, 0.3) is 0 Å². The van der Waals surface area contributed by atoms with Gasteiger partial charge in [0.1, 0.15) is 5.60 Å². The number of hydrogen-bond donors (Lipinski definition) is 2. The Morgan fingerprint density at radius 2 is 1.97 bits per heavy atom. The van der Waals surface area contributed by atoms with Crippen LogP contribution in [-0.2, 0) is 21.4 Å². The van der Waals surface area contributed by atoms with E-state index in [-0.39, 0.29) is 29.3 Å². The second-order valence-corrected chi connectivity index (χ2v) is 10.5. The van der Waals surface area contributed by atoms with Gasteiger partial charge in [-0.3, -0.25) is 4.79 Å². The van der Waals surface area contributed by atoms with Crippen molar-refractivity contribution in [2.75, 3.05) is 13.6 Å². The van der Waals surface area contributed by atoms with Gasteiger partial charge in [-0.05, 0) is 97.0 Å². The number of likely N-dealkylation sites (tertiary alicyclic amines) is 1. The van der Waals surface area contributed by atoms with E-state index >= 15 is 0 Å². The summed E-state index contributed by atoms with van der Waals surface area (Å²) in [6.07, 6.45) is 6.30. The predicted molar refractivity (Wildman–Crippen MR) is 119 cm³/mol. The third-order valence-electron chi connectivity index (χ3n) is 7.45. The molecule has 2 unspecified atom stereocenters. The number of aromatic hydroxyl groups is 2. The van der Waals surface area contributed by atoms with Gasteiger partial charge in [0.15, 0.2) is 11.5 Å². The average molecular weight is 418 g/mol. The summed E-state index contributed by atoms with van der Waals surface area (Å²) in [5.41, 5.74) is 2.25. The van der Waals surface area contributed by atoms with Crippen LogP contribution >= 0.6 is 0 Å². The van der Waals surface area contributed by atoms with Crippen LogP contribution < -0.4 is 0 Å². The molecule has 1 saturated carbocycles. The van der Waals surface area contributed by atoms with Gasteiger partial charge in [0, 0.05) is 23.4 Å². The molecule has 3 atom stereocenters. The van der Waals surface area contributed by atoms with E-state index in [1.807, 2.05) is 27.7 Å². The first-order chi connectivity index (χ1) is 14.0. The van der Waals surface area contributed by atoms with Crippen LogP contribution in [0, 0.1) is 12.8 Å². The summed E-state index contributed by atoms with van der Waals surface area (Å²) in [6.45, 7) is 10.9. The first kappa shape index (κ1) is 22.9. The number of aryl methyl sites for hydroxylation is 1. The smallest absolute Gasteiger partial charge is 0.306 e. The SMILES string of the molecule is Cc1c(CCC(=O)OC(C)(C)C)cc(O)c(O)c1[C@@]12CCCCC1C(C)N(C)CC2. The number of ether oxygens (including phenoxy) is 1. The Morgan fingerprint density at radius 3 is 2.63 bits per heavy atom. The topological polar surface area (TPSA) is 70.0 Å². The van der Waals surface area contributed by atoms with Crippen molar-refractivity contribution in [1.29, 1.82) is 0 Å². The second kappa shape index (κ2) is 8.41. The van der Waals surface area contributed by atoms with Gasteiger partial charge in [-0.2, -0.15) is 0 Å². The van der Waals surface area contributed by atoms with E-state index in [9.17, 15) is 15.0 Å². The molecule has 0 radical (unpaired) electrons. The van der Waals surface area contributed by atoms with Gasteiger partial charge < -0.3 is 19.8 Å². The van der Waals surface area contributed by atoms with Crippen LogP contribution in [0.1, 0.15) is 82.9 Å². The maximum absolute atomic E-state index is 12.2. The lowest BCUT2D eigenvalue weighted by molar-refractivity contribution is -0.154. The maximum atomic E-state index is 12.2. The summed E-state index contributed by atoms with van der Waals surface area (Å²) in [5, 5.41) is 21.6. The minimum Gasteiger partial charge on any atom is -0.504 e. The van der Waals surface area contributed by atoms with Crippen molar-refractivity contribution in [3.05, 3.63) is 22.8 Å². The number of nitrogens with zero attached hydrogens (tertiary/aromatic N) is 1. The summed E-state index contributed by atoms with van der Waals surface area (Å²) in [4.78, 5) is 14.7. The number of benzene rings is 1. The van der Waals surface area contributed by atoms with Crippen LogP contribution in [0.15, 0.2) is 6.07 Å². The van der Waals surface area contributed by atoms with Crippen LogP contribution in [0.25, 0.3) is 0 Å². The summed E-state index contributed by atoms with van der Waals surface area (Å²) in [7, 11) is 2.19. The first-order valence-corrected chi connectivity index (χ1v) is 11.4. The highest BCUT2D eigenvalue weighted by atomic mass is 16.6. The Hall–Kier alpha value is -1.75. The van der Waals surface area contributed by atoms with Crippen LogP contribution in [0.3, 0.4) is 0 Å². The van der Waals surface area contributed by atoms with Crippen molar-refractivity contribution >= 4 is 5.97 Å². The molecule has 2 fully saturated rings. The Balaban J connectivity index is 1.97. The summed E-state index contributed by atoms with van der Waals surface area (Å²) in [5.74, 6) is 0.185. The molecule has 1 saturated heterocycles. The average Bonchev–Trinajstić information content (AvgIpc) is 2.66. The third-order valence-corrected chi connectivity index (χ3v) is 7.45. The molecule has 0 amide bonds. The highest BCUT2D eigenvalue weighted by molar-refractivity contribution is 5.70. The van der Waals surface area contributed by atoms with Gasteiger partial charge in [0.2, 0.25) is 0 Å². The quantitative estimate of drug-likeness (QED) is 0.542. The number of hydrogen-bond acceptors (Lipinski definition) is 5. The molecular formula is C25H39NO4. The molecule has 5 nitrogen and oxygen atoms in total. The largest absolute Gasteiger partial charge is 0.504 e. The number of carbonyl (C=O) groups excluding carboxylic acids is 1. The minimum atomic E-state index is -0.507. The van der Waals surface area contributed by atoms with E-state index in [4.69, 9.17) is 4.74 Å². The Bertz CT molecular complexity index is 797. The van der Waals surface area contributed by atoms with Crippen molar-refractivity contribution in [3.63, 3.8) is 0 Å². The zero-order valence-corrected chi connectivity index (χ0v) is 19.5. The molecule has 1 aliphatic heterocycles. The molecule has 0 bridgehead atoms. The highest BCUT2D eigenvalue weighted by Gasteiger charge is 2.50. The monoisotopic (exact) mass is 417 g/mol. The fourth-order valence-electron chi connectivity index (χ4n) is 5.91. The fraction of sp³-hybridized carbons (Fsp3) is 0.720. The van der Waals surface area contributed by atoms with Crippen molar-refractivity contribution in [2.45, 2.75) is 96.6 Å². The molecule has 1 aliphatic carbocycles. The van der Waals surface area contributed by atoms with Crippen LogP contribution in [0.2, 0.25) is 0 Å². The molecule has 30 heavy (non-hydrogen) atoms. The van der Waals surface area contributed by atoms with Crippen molar-refractivity contribution in [1.82, 2.24) is 4.90 Å². The summed E-state index contributed by atoms with van der Waals surface area (Å²) >= 11 is 0. The molecule has 3 rings (SSSR count). The van der Waals surface area contributed by atoms with E-state index in [2.05, 4.69) is 18.9 Å². The summed E-state index contributed by atoms with van der Waals surface area (Å²) in [6, 6.07) is 2.07. The zero-order valence-electron chi connectivity index (χ0n) is 19.5. The molecule has 1 aromatic carbocycles. The Kier molecular flexibility index (Phi) is 6.43. The third kappa shape index (κ3) is 4.32. The van der Waals surface area contributed by atoms with Gasteiger partial charge in [0.05, 0.1) is 0 Å². The van der Waals surface area contributed by atoms with Crippen LogP contribution in [0.5, 0.6) is 11.5 Å².